The van der Waals surface area contributed by atoms with E-state index in [1.54, 1.807) is 11.3 Å². The third kappa shape index (κ3) is 4.51. The number of nitrogens with zero attached hydrogens (tertiary/aromatic N) is 2. The number of likely N-dealkylation sites (tertiary alicyclic amines) is 1. The van der Waals surface area contributed by atoms with Crippen molar-refractivity contribution in [2.24, 2.45) is 5.73 Å². The molecule has 1 aliphatic rings. The molecule has 5 heteroatoms. The third-order valence-electron chi connectivity index (χ3n) is 4.07. The molecule has 2 heterocycles. The molecule has 0 bridgehead atoms. The molecule has 2 N–H and O–H groups in total. The van der Waals surface area contributed by atoms with Crippen molar-refractivity contribution in [3.05, 3.63) is 16.1 Å². The Morgan fingerprint density at radius 3 is 2.90 bits per heavy atom. The summed E-state index contributed by atoms with van der Waals surface area (Å²) in [5, 5.41) is 3.36. The van der Waals surface area contributed by atoms with Gasteiger partial charge in [0.25, 0.3) is 0 Å². The second-order valence-electron chi connectivity index (χ2n) is 6.46. The Kier molecular flexibility index (Phi) is 5.76. The molecule has 1 aromatic heterocycles. The SMILES string of the molecule is CC(N)CCC(=O)N1CCCC(c2nc(C(C)C)cs2)C1. The first kappa shape index (κ1) is 16.4. The predicted octanol–water partition coefficient (Wildman–Crippen LogP) is 3.10. The van der Waals surface area contributed by atoms with Crippen molar-refractivity contribution in [1.82, 2.24) is 9.88 Å². The molecule has 1 aromatic rings. The number of carbonyl (C=O) groups is 1. The van der Waals surface area contributed by atoms with Crippen molar-refractivity contribution < 1.29 is 4.79 Å². The molecule has 0 aromatic carbocycles. The number of aromatic nitrogens is 1. The van der Waals surface area contributed by atoms with Crippen molar-refractivity contribution in [2.45, 2.75) is 64.3 Å². The number of hydrogen-bond donors (Lipinski definition) is 1. The lowest BCUT2D eigenvalue weighted by Gasteiger charge is -2.32. The molecule has 2 rings (SSSR count). The van der Waals surface area contributed by atoms with Crippen molar-refractivity contribution in [1.29, 1.82) is 0 Å². The zero-order valence-electron chi connectivity index (χ0n) is 13.3. The summed E-state index contributed by atoms with van der Waals surface area (Å²) in [6, 6.07) is 0.0992. The smallest absolute Gasteiger partial charge is 0.222 e. The van der Waals surface area contributed by atoms with Gasteiger partial charge in [0.1, 0.15) is 0 Å². The molecule has 0 saturated carbocycles. The van der Waals surface area contributed by atoms with E-state index in [0.29, 0.717) is 18.3 Å². The lowest BCUT2D eigenvalue weighted by Crippen LogP contribution is -2.39. The summed E-state index contributed by atoms with van der Waals surface area (Å²) in [4.78, 5) is 19.0. The Balaban J connectivity index is 1.95. The largest absolute Gasteiger partial charge is 0.342 e. The van der Waals surface area contributed by atoms with E-state index in [-0.39, 0.29) is 11.9 Å². The second-order valence-corrected chi connectivity index (χ2v) is 7.35. The van der Waals surface area contributed by atoms with Crippen LogP contribution in [0.5, 0.6) is 0 Å². The summed E-state index contributed by atoms with van der Waals surface area (Å²) < 4.78 is 0. The first-order chi connectivity index (χ1) is 9.97. The molecule has 2 atom stereocenters. The Morgan fingerprint density at radius 1 is 1.52 bits per heavy atom. The number of thiazole rings is 1. The number of piperidine rings is 1. The van der Waals surface area contributed by atoms with Gasteiger partial charge in [0.15, 0.2) is 0 Å². The average molecular weight is 309 g/mol. The monoisotopic (exact) mass is 309 g/mol. The summed E-state index contributed by atoms with van der Waals surface area (Å²) in [7, 11) is 0. The van der Waals surface area contributed by atoms with Gasteiger partial charge in [-0.2, -0.15) is 0 Å². The number of hydrogen-bond acceptors (Lipinski definition) is 4. The van der Waals surface area contributed by atoms with Crippen LogP contribution in [-0.4, -0.2) is 34.9 Å². The summed E-state index contributed by atoms with van der Waals surface area (Å²) in [5.74, 6) is 1.13. The Hall–Kier alpha value is -0.940. The molecule has 0 radical (unpaired) electrons. The lowest BCUT2D eigenvalue weighted by atomic mass is 9.98. The highest BCUT2D eigenvalue weighted by Gasteiger charge is 2.26. The van der Waals surface area contributed by atoms with E-state index in [2.05, 4.69) is 19.2 Å². The van der Waals surface area contributed by atoms with Crippen LogP contribution in [-0.2, 0) is 4.79 Å². The second kappa shape index (κ2) is 7.36. The minimum atomic E-state index is 0.0992. The maximum atomic E-state index is 12.2. The van der Waals surface area contributed by atoms with Gasteiger partial charge in [-0.15, -0.1) is 11.3 Å². The van der Waals surface area contributed by atoms with E-state index in [1.165, 1.54) is 10.7 Å². The van der Waals surface area contributed by atoms with E-state index in [4.69, 9.17) is 10.7 Å². The highest BCUT2D eigenvalue weighted by Crippen LogP contribution is 2.31. The summed E-state index contributed by atoms with van der Waals surface area (Å²) in [6.07, 6.45) is 3.56. The van der Waals surface area contributed by atoms with E-state index < -0.39 is 0 Å². The zero-order valence-corrected chi connectivity index (χ0v) is 14.2. The van der Waals surface area contributed by atoms with Crippen molar-refractivity contribution >= 4 is 17.2 Å². The highest BCUT2D eigenvalue weighted by atomic mass is 32.1. The molecule has 118 valence electrons. The number of amides is 1. The first-order valence-corrected chi connectivity index (χ1v) is 8.84. The van der Waals surface area contributed by atoms with Crippen molar-refractivity contribution in [3.8, 4) is 0 Å². The van der Waals surface area contributed by atoms with Crippen molar-refractivity contribution in [2.75, 3.05) is 13.1 Å². The van der Waals surface area contributed by atoms with Crippen molar-refractivity contribution in [3.63, 3.8) is 0 Å². The first-order valence-electron chi connectivity index (χ1n) is 7.96. The van der Waals surface area contributed by atoms with E-state index in [9.17, 15) is 4.79 Å². The van der Waals surface area contributed by atoms with Gasteiger partial charge in [0.05, 0.1) is 10.7 Å². The normalized spacial score (nSPS) is 20.8. The third-order valence-corrected chi connectivity index (χ3v) is 5.09. The van der Waals surface area contributed by atoms with Gasteiger partial charge < -0.3 is 10.6 Å². The van der Waals surface area contributed by atoms with Gasteiger partial charge in [-0.3, -0.25) is 4.79 Å². The van der Waals surface area contributed by atoms with Crippen LogP contribution in [0.4, 0.5) is 0 Å². The van der Waals surface area contributed by atoms with Gasteiger partial charge >= 0.3 is 0 Å². The molecule has 0 aliphatic carbocycles. The summed E-state index contributed by atoms with van der Waals surface area (Å²) >= 11 is 1.75. The lowest BCUT2D eigenvalue weighted by molar-refractivity contribution is -0.132. The van der Waals surface area contributed by atoms with Gasteiger partial charge in [0.2, 0.25) is 5.91 Å². The molecule has 0 spiro atoms. The molecular formula is C16H27N3OS. The average Bonchev–Trinajstić information content (AvgIpc) is 2.95. The maximum absolute atomic E-state index is 12.2. The molecule has 21 heavy (non-hydrogen) atoms. The minimum Gasteiger partial charge on any atom is -0.342 e. The van der Waals surface area contributed by atoms with Crippen LogP contribution >= 0.6 is 11.3 Å². The maximum Gasteiger partial charge on any atom is 0.222 e. The molecule has 1 amide bonds. The van der Waals surface area contributed by atoms with Crippen LogP contribution in [0, 0.1) is 0 Å². The fourth-order valence-corrected chi connectivity index (χ4v) is 3.78. The molecule has 4 nitrogen and oxygen atoms in total. The minimum absolute atomic E-state index is 0.0992. The van der Waals surface area contributed by atoms with E-state index in [1.807, 2.05) is 11.8 Å². The van der Waals surface area contributed by atoms with Gasteiger partial charge in [0, 0.05) is 36.9 Å². The highest BCUT2D eigenvalue weighted by molar-refractivity contribution is 7.09. The van der Waals surface area contributed by atoms with Crippen LogP contribution in [0.1, 0.15) is 69.0 Å². The topological polar surface area (TPSA) is 59.2 Å². The Labute approximate surface area is 131 Å². The number of carbonyl (C=O) groups excluding carboxylic acids is 1. The molecule has 1 aliphatic heterocycles. The van der Waals surface area contributed by atoms with Crippen LogP contribution in [0.2, 0.25) is 0 Å². The molecule has 1 fully saturated rings. The van der Waals surface area contributed by atoms with Gasteiger partial charge in [-0.1, -0.05) is 13.8 Å². The fraction of sp³-hybridized carbons (Fsp3) is 0.750. The van der Waals surface area contributed by atoms with Gasteiger partial charge in [-0.05, 0) is 32.1 Å². The van der Waals surface area contributed by atoms with Gasteiger partial charge in [-0.25, -0.2) is 4.98 Å². The molecule has 2 unspecified atom stereocenters. The predicted molar refractivity (Wildman–Crippen MR) is 87.6 cm³/mol. The zero-order chi connectivity index (χ0) is 15.4. The van der Waals surface area contributed by atoms with Crippen LogP contribution in [0.15, 0.2) is 5.38 Å². The number of nitrogens with two attached hydrogens (primary N) is 1. The van der Waals surface area contributed by atoms with Crippen LogP contribution < -0.4 is 5.73 Å². The summed E-state index contributed by atoms with van der Waals surface area (Å²) in [6.45, 7) is 8.00. The van der Waals surface area contributed by atoms with Crippen LogP contribution in [0.25, 0.3) is 0 Å². The van der Waals surface area contributed by atoms with E-state index in [0.717, 1.165) is 32.4 Å². The Morgan fingerprint density at radius 2 is 2.29 bits per heavy atom. The Bertz CT molecular complexity index is 470. The summed E-state index contributed by atoms with van der Waals surface area (Å²) in [5.41, 5.74) is 6.92. The molecule has 1 saturated heterocycles. The van der Waals surface area contributed by atoms with E-state index >= 15 is 0 Å². The quantitative estimate of drug-likeness (QED) is 0.909. The number of rotatable bonds is 5. The fourth-order valence-electron chi connectivity index (χ4n) is 2.67. The standard InChI is InChI=1S/C16H27N3OS/c1-11(2)14-10-21-16(18-14)13-5-4-8-19(9-13)15(20)7-6-12(3)17/h10-13H,4-9,17H2,1-3H3. The van der Waals surface area contributed by atoms with Crippen LogP contribution in [0.3, 0.4) is 0 Å². The molecular weight excluding hydrogens is 282 g/mol.